The van der Waals surface area contributed by atoms with Crippen molar-refractivity contribution in [2.75, 3.05) is 0 Å². The molecular weight excluding hydrogens is 228 g/mol. The van der Waals surface area contributed by atoms with Crippen LogP contribution in [0.25, 0.3) is 26.6 Å². The highest BCUT2D eigenvalue weighted by Crippen LogP contribution is 2.29. The summed E-state index contributed by atoms with van der Waals surface area (Å²) in [6, 6.07) is 18.8. The van der Waals surface area contributed by atoms with Gasteiger partial charge in [-0.1, -0.05) is 60.6 Å². The maximum atomic E-state index is 6.04. The van der Waals surface area contributed by atoms with E-state index >= 15 is 0 Å². The number of hydrogen-bond donors (Lipinski definition) is 0. The van der Waals surface area contributed by atoms with Gasteiger partial charge in [-0.3, -0.25) is 0 Å². The second-order valence-corrected chi connectivity index (χ2v) is 4.59. The maximum absolute atomic E-state index is 6.04. The molecule has 0 amide bonds. The minimum absolute atomic E-state index is 0.589. The maximum Gasteiger partial charge on any atom is 0.0412 e. The van der Waals surface area contributed by atoms with E-state index in [1.54, 1.807) is 0 Å². The molecule has 0 aliphatic carbocycles. The summed E-state index contributed by atoms with van der Waals surface area (Å²) < 4.78 is 0. The first-order valence-electron chi connectivity index (χ1n) is 5.52. The van der Waals surface area contributed by atoms with Crippen LogP contribution in [0, 0.1) is 0 Å². The Morgan fingerprint density at radius 1 is 0.824 bits per heavy atom. The van der Waals surface area contributed by atoms with E-state index in [0.29, 0.717) is 5.03 Å². The van der Waals surface area contributed by atoms with E-state index in [9.17, 15) is 0 Å². The molecule has 0 fully saturated rings. The molecule has 0 spiro atoms. The summed E-state index contributed by atoms with van der Waals surface area (Å²) in [6.07, 6.45) is 0. The Labute approximate surface area is 105 Å². The van der Waals surface area contributed by atoms with Crippen LogP contribution in [0.5, 0.6) is 0 Å². The minimum Gasteiger partial charge on any atom is -0.0843 e. The summed E-state index contributed by atoms with van der Waals surface area (Å²) >= 11 is 6.04. The molecule has 0 bridgehead atoms. The highest BCUT2D eigenvalue weighted by molar-refractivity contribution is 6.49. The SMILES string of the molecule is C=C(Cl)c1cccc2cc3ccccc3cc12. The second kappa shape index (κ2) is 3.90. The molecule has 3 aromatic rings. The topological polar surface area (TPSA) is 0 Å². The van der Waals surface area contributed by atoms with Gasteiger partial charge in [0.2, 0.25) is 0 Å². The van der Waals surface area contributed by atoms with Crippen molar-refractivity contribution in [2.45, 2.75) is 0 Å². The fourth-order valence-corrected chi connectivity index (χ4v) is 2.37. The monoisotopic (exact) mass is 238 g/mol. The van der Waals surface area contributed by atoms with Crippen LogP contribution in [0.2, 0.25) is 0 Å². The lowest BCUT2D eigenvalue weighted by Crippen LogP contribution is -1.82. The van der Waals surface area contributed by atoms with Crippen molar-refractivity contribution in [3.8, 4) is 0 Å². The highest BCUT2D eigenvalue weighted by atomic mass is 35.5. The third kappa shape index (κ3) is 1.71. The van der Waals surface area contributed by atoms with Crippen molar-refractivity contribution in [3.63, 3.8) is 0 Å². The van der Waals surface area contributed by atoms with Crippen LogP contribution in [-0.2, 0) is 0 Å². The minimum atomic E-state index is 0.589. The third-order valence-electron chi connectivity index (χ3n) is 3.04. The van der Waals surface area contributed by atoms with Gasteiger partial charge in [0.25, 0.3) is 0 Å². The van der Waals surface area contributed by atoms with Crippen LogP contribution in [0.1, 0.15) is 5.56 Å². The molecule has 1 heteroatoms. The number of rotatable bonds is 1. The van der Waals surface area contributed by atoms with E-state index in [2.05, 4.69) is 43.0 Å². The van der Waals surface area contributed by atoms with Crippen molar-refractivity contribution in [1.82, 2.24) is 0 Å². The first kappa shape index (κ1) is 10.4. The molecule has 0 aliphatic heterocycles. The van der Waals surface area contributed by atoms with Gasteiger partial charge in [-0.15, -0.1) is 0 Å². The van der Waals surface area contributed by atoms with Crippen LogP contribution in [0.4, 0.5) is 0 Å². The number of halogens is 1. The van der Waals surface area contributed by atoms with Gasteiger partial charge in [-0.2, -0.15) is 0 Å². The van der Waals surface area contributed by atoms with Crippen molar-refractivity contribution >= 4 is 38.2 Å². The first-order valence-corrected chi connectivity index (χ1v) is 5.90. The van der Waals surface area contributed by atoms with E-state index in [-0.39, 0.29) is 0 Å². The van der Waals surface area contributed by atoms with E-state index in [1.807, 2.05) is 18.2 Å². The molecular formula is C16H11Cl. The Balaban J connectivity index is 2.47. The van der Waals surface area contributed by atoms with Gasteiger partial charge in [0.1, 0.15) is 0 Å². The number of hydrogen-bond acceptors (Lipinski definition) is 0. The van der Waals surface area contributed by atoms with Crippen LogP contribution < -0.4 is 0 Å². The molecule has 0 radical (unpaired) electrons. The summed E-state index contributed by atoms with van der Waals surface area (Å²) in [4.78, 5) is 0. The molecule has 0 aromatic heterocycles. The predicted molar refractivity (Wildman–Crippen MR) is 76.3 cm³/mol. The average Bonchev–Trinajstić information content (AvgIpc) is 2.35. The molecule has 0 aliphatic rings. The Hall–Kier alpha value is -1.79. The summed E-state index contributed by atoms with van der Waals surface area (Å²) in [5, 5.41) is 5.42. The average molecular weight is 239 g/mol. The molecule has 3 aromatic carbocycles. The molecule has 0 saturated heterocycles. The summed E-state index contributed by atoms with van der Waals surface area (Å²) in [5.41, 5.74) is 1.01. The van der Waals surface area contributed by atoms with Gasteiger partial charge in [0.15, 0.2) is 0 Å². The Kier molecular flexibility index (Phi) is 2.38. The Morgan fingerprint density at radius 3 is 2.18 bits per heavy atom. The molecule has 0 atom stereocenters. The molecule has 17 heavy (non-hydrogen) atoms. The summed E-state index contributed by atoms with van der Waals surface area (Å²) in [5.74, 6) is 0. The van der Waals surface area contributed by atoms with Gasteiger partial charge in [0, 0.05) is 10.6 Å². The molecule has 3 rings (SSSR count). The number of fused-ring (bicyclic) bond motifs is 2. The lowest BCUT2D eigenvalue weighted by Gasteiger charge is -2.06. The normalized spacial score (nSPS) is 10.9. The van der Waals surface area contributed by atoms with Crippen molar-refractivity contribution in [3.05, 3.63) is 66.7 Å². The first-order chi connectivity index (χ1) is 8.25. The van der Waals surface area contributed by atoms with Crippen LogP contribution >= 0.6 is 11.6 Å². The van der Waals surface area contributed by atoms with Crippen LogP contribution in [0.3, 0.4) is 0 Å². The molecule has 0 saturated carbocycles. The third-order valence-corrected chi connectivity index (χ3v) is 3.24. The van der Waals surface area contributed by atoms with E-state index < -0.39 is 0 Å². The predicted octanol–water partition coefficient (Wildman–Crippen LogP) is 5.20. The highest BCUT2D eigenvalue weighted by Gasteiger charge is 2.04. The van der Waals surface area contributed by atoms with Gasteiger partial charge >= 0.3 is 0 Å². The zero-order chi connectivity index (χ0) is 11.8. The van der Waals surface area contributed by atoms with Crippen LogP contribution in [-0.4, -0.2) is 0 Å². The van der Waals surface area contributed by atoms with Crippen LogP contribution in [0.15, 0.2) is 61.2 Å². The lowest BCUT2D eigenvalue weighted by molar-refractivity contribution is 1.73. The van der Waals surface area contributed by atoms with E-state index in [0.717, 1.165) is 10.9 Å². The van der Waals surface area contributed by atoms with E-state index in [4.69, 9.17) is 11.6 Å². The summed E-state index contributed by atoms with van der Waals surface area (Å²) in [6.45, 7) is 3.82. The number of benzene rings is 3. The zero-order valence-corrected chi connectivity index (χ0v) is 10.0. The fourth-order valence-electron chi connectivity index (χ4n) is 2.20. The smallest absolute Gasteiger partial charge is 0.0412 e. The van der Waals surface area contributed by atoms with Gasteiger partial charge < -0.3 is 0 Å². The Bertz CT molecular complexity index is 726. The van der Waals surface area contributed by atoms with E-state index in [1.165, 1.54) is 16.2 Å². The second-order valence-electron chi connectivity index (χ2n) is 4.13. The molecule has 0 nitrogen and oxygen atoms in total. The summed E-state index contributed by atoms with van der Waals surface area (Å²) in [7, 11) is 0. The standard InChI is InChI=1S/C16H11Cl/c1-11(17)15-8-4-7-14-9-12-5-2-3-6-13(12)10-16(14)15/h2-10H,1H2. The van der Waals surface area contributed by atoms with Gasteiger partial charge in [0.05, 0.1) is 0 Å². The van der Waals surface area contributed by atoms with Gasteiger partial charge in [-0.05, 0) is 33.7 Å². The zero-order valence-electron chi connectivity index (χ0n) is 9.28. The van der Waals surface area contributed by atoms with Crippen molar-refractivity contribution < 1.29 is 0 Å². The largest absolute Gasteiger partial charge is 0.0843 e. The molecule has 82 valence electrons. The van der Waals surface area contributed by atoms with Crippen molar-refractivity contribution in [1.29, 1.82) is 0 Å². The molecule has 0 unspecified atom stereocenters. The van der Waals surface area contributed by atoms with Crippen molar-refractivity contribution in [2.24, 2.45) is 0 Å². The fraction of sp³-hybridized carbons (Fsp3) is 0. The quantitative estimate of drug-likeness (QED) is 0.511. The van der Waals surface area contributed by atoms with Gasteiger partial charge in [-0.25, -0.2) is 0 Å². The lowest BCUT2D eigenvalue weighted by atomic mass is 10.00. The molecule has 0 heterocycles. The Morgan fingerprint density at radius 2 is 1.47 bits per heavy atom. The molecule has 0 N–H and O–H groups in total.